The number of benzene rings is 2. The minimum Gasteiger partial charge on any atom is -0.406 e. The average molecular weight is 437 g/mol. The van der Waals surface area contributed by atoms with Crippen LogP contribution in [0.15, 0.2) is 36.4 Å². The van der Waals surface area contributed by atoms with Crippen LogP contribution < -0.4 is 9.64 Å². The Morgan fingerprint density at radius 3 is 2.50 bits per heavy atom. The highest BCUT2D eigenvalue weighted by molar-refractivity contribution is 7.22. The Balaban J connectivity index is 1.99. The largest absolute Gasteiger partial charge is 0.573 e. The molecule has 0 fully saturated rings. The van der Waals surface area contributed by atoms with E-state index in [4.69, 9.17) is 0 Å². The van der Waals surface area contributed by atoms with Crippen LogP contribution in [0.2, 0.25) is 0 Å². The molecule has 0 aliphatic carbocycles. The second-order valence-corrected chi connectivity index (χ2v) is 8.26. The number of hydrogen-bond donors (Lipinski definition) is 0. The fourth-order valence-corrected chi connectivity index (χ4v) is 3.92. The van der Waals surface area contributed by atoms with Gasteiger partial charge in [0, 0.05) is 24.7 Å². The van der Waals surface area contributed by atoms with Gasteiger partial charge < -0.3 is 9.64 Å². The van der Waals surface area contributed by atoms with Gasteiger partial charge in [0.15, 0.2) is 5.13 Å². The van der Waals surface area contributed by atoms with Gasteiger partial charge in [0.25, 0.3) is 5.91 Å². The third-order valence-electron chi connectivity index (χ3n) is 4.45. The molecule has 0 unspecified atom stereocenters. The van der Waals surface area contributed by atoms with Crippen LogP contribution in [0, 0.1) is 13.8 Å². The molecule has 0 saturated carbocycles. The summed E-state index contributed by atoms with van der Waals surface area (Å²) in [7, 11) is 3.80. The number of nitrogens with zero attached hydrogens (tertiary/aromatic N) is 3. The molecular formula is C21H22F3N3O2S. The molecule has 0 spiro atoms. The first kappa shape index (κ1) is 22.0. The van der Waals surface area contributed by atoms with Crippen molar-refractivity contribution in [3.8, 4) is 5.75 Å². The first-order valence-corrected chi connectivity index (χ1v) is 10.1. The SMILES string of the molecule is Cc1ccc(C)c(C(=O)N(CCN(C)C)c2nc3ccc(OC(F)(F)F)cc3s2)c1. The molecule has 0 N–H and O–H groups in total. The molecule has 0 bridgehead atoms. The maximum absolute atomic E-state index is 13.4. The first-order valence-electron chi connectivity index (χ1n) is 9.23. The highest BCUT2D eigenvalue weighted by atomic mass is 32.1. The monoisotopic (exact) mass is 437 g/mol. The van der Waals surface area contributed by atoms with Gasteiger partial charge in [-0.3, -0.25) is 9.69 Å². The predicted molar refractivity (Wildman–Crippen MR) is 112 cm³/mol. The van der Waals surface area contributed by atoms with Gasteiger partial charge in [0.2, 0.25) is 0 Å². The van der Waals surface area contributed by atoms with Crippen molar-refractivity contribution in [2.45, 2.75) is 20.2 Å². The Morgan fingerprint density at radius 2 is 1.83 bits per heavy atom. The number of halogens is 3. The molecule has 3 aromatic rings. The molecule has 3 rings (SSSR count). The summed E-state index contributed by atoms with van der Waals surface area (Å²) >= 11 is 1.16. The van der Waals surface area contributed by atoms with Crippen LogP contribution in [0.25, 0.3) is 10.2 Å². The summed E-state index contributed by atoms with van der Waals surface area (Å²) in [6, 6.07) is 9.64. The van der Waals surface area contributed by atoms with E-state index in [1.54, 1.807) is 4.90 Å². The number of ether oxygens (including phenoxy) is 1. The van der Waals surface area contributed by atoms with E-state index in [9.17, 15) is 18.0 Å². The summed E-state index contributed by atoms with van der Waals surface area (Å²) < 4.78 is 42.1. The van der Waals surface area contributed by atoms with Crippen molar-refractivity contribution in [1.82, 2.24) is 9.88 Å². The fraction of sp³-hybridized carbons (Fsp3) is 0.333. The quantitative estimate of drug-likeness (QED) is 0.543. The van der Waals surface area contributed by atoms with Crippen molar-refractivity contribution in [2.75, 3.05) is 32.1 Å². The van der Waals surface area contributed by atoms with E-state index in [1.165, 1.54) is 18.2 Å². The van der Waals surface area contributed by atoms with Crippen LogP contribution in [0.1, 0.15) is 21.5 Å². The summed E-state index contributed by atoms with van der Waals surface area (Å²) in [5.41, 5.74) is 2.90. The van der Waals surface area contributed by atoms with Gasteiger partial charge in [-0.05, 0) is 51.7 Å². The lowest BCUT2D eigenvalue weighted by Crippen LogP contribution is -2.37. The Hall–Kier alpha value is -2.65. The highest BCUT2D eigenvalue weighted by Crippen LogP contribution is 2.34. The first-order chi connectivity index (χ1) is 14.0. The van der Waals surface area contributed by atoms with Crippen LogP contribution in [0.4, 0.5) is 18.3 Å². The van der Waals surface area contributed by atoms with E-state index in [-0.39, 0.29) is 11.7 Å². The number of alkyl halides is 3. The van der Waals surface area contributed by atoms with Gasteiger partial charge in [-0.2, -0.15) is 0 Å². The lowest BCUT2D eigenvalue weighted by molar-refractivity contribution is -0.274. The number of likely N-dealkylation sites (N-methyl/N-ethyl adjacent to an activating group) is 1. The molecule has 9 heteroatoms. The number of aryl methyl sites for hydroxylation is 2. The number of aromatic nitrogens is 1. The van der Waals surface area contributed by atoms with Gasteiger partial charge >= 0.3 is 6.36 Å². The van der Waals surface area contributed by atoms with Crippen LogP contribution in [0.5, 0.6) is 5.75 Å². The summed E-state index contributed by atoms with van der Waals surface area (Å²) in [6.07, 6.45) is -4.77. The normalized spacial score (nSPS) is 11.9. The lowest BCUT2D eigenvalue weighted by atomic mass is 10.0. The molecule has 0 radical (unpaired) electrons. The predicted octanol–water partition coefficient (Wildman–Crippen LogP) is 5.02. The maximum Gasteiger partial charge on any atom is 0.573 e. The summed E-state index contributed by atoms with van der Waals surface area (Å²) in [6.45, 7) is 4.79. The van der Waals surface area contributed by atoms with E-state index in [0.717, 1.165) is 22.5 Å². The molecule has 1 amide bonds. The van der Waals surface area contributed by atoms with E-state index in [0.29, 0.717) is 34.0 Å². The molecule has 0 saturated heterocycles. The number of rotatable bonds is 6. The zero-order valence-electron chi connectivity index (χ0n) is 17.1. The zero-order chi connectivity index (χ0) is 22.1. The molecule has 0 aliphatic rings. The van der Waals surface area contributed by atoms with E-state index in [2.05, 4.69) is 9.72 Å². The van der Waals surface area contributed by atoms with Crippen molar-refractivity contribution in [1.29, 1.82) is 0 Å². The summed E-state index contributed by atoms with van der Waals surface area (Å²) in [5.74, 6) is -0.505. The molecule has 160 valence electrons. The van der Waals surface area contributed by atoms with Crippen LogP contribution >= 0.6 is 11.3 Å². The van der Waals surface area contributed by atoms with Crippen molar-refractivity contribution >= 4 is 32.6 Å². The number of hydrogen-bond acceptors (Lipinski definition) is 5. The number of carbonyl (C=O) groups is 1. The Kier molecular flexibility index (Phi) is 6.33. The van der Waals surface area contributed by atoms with Crippen LogP contribution in [0.3, 0.4) is 0 Å². The minimum absolute atomic E-state index is 0.191. The average Bonchev–Trinajstić information content (AvgIpc) is 3.05. The van der Waals surface area contributed by atoms with Gasteiger partial charge in [0.05, 0.1) is 10.2 Å². The molecule has 2 aromatic carbocycles. The standard InChI is InChI=1S/C21H22F3N3O2S/c1-13-5-6-14(2)16(11-13)19(28)27(10-9-26(3)4)20-25-17-8-7-15(12-18(17)30-20)29-21(22,23)24/h5-8,11-12H,9-10H2,1-4H3. The smallest absolute Gasteiger partial charge is 0.406 e. The van der Waals surface area contributed by atoms with E-state index in [1.807, 2.05) is 51.0 Å². The number of fused-ring (bicyclic) bond motifs is 1. The van der Waals surface area contributed by atoms with Gasteiger partial charge in [-0.15, -0.1) is 13.2 Å². The molecule has 1 heterocycles. The molecule has 0 atom stereocenters. The minimum atomic E-state index is -4.77. The summed E-state index contributed by atoms with van der Waals surface area (Å²) in [5, 5.41) is 0.432. The maximum atomic E-state index is 13.4. The highest BCUT2D eigenvalue weighted by Gasteiger charge is 2.31. The Morgan fingerprint density at radius 1 is 1.10 bits per heavy atom. The Labute approximate surface area is 176 Å². The van der Waals surface area contributed by atoms with Crippen molar-refractivity contribution in [3.63, 3.8) is 0 Å². The fourth-order valence-electron chi connectivity index (χ4n) is 2.90. The van der Waals surface area contributed by atoms with Crippen molar-refractivity contribution in [3.05, 3.63) is 53.1 Å². The van der Waals surface area contributed by atoms with E-state index >= 15 is 0 Å². The Bertz CT molecular complexity index is 1060. The number of amides is 1. The molecule has 5 nitrogen and oxygen atoms in total. The van der Waals surface area contributed by atoms with Crippen molar-refractivity contribution in [2.24, 2.45) is 0 Å². The second-order valence-electron chi connectivity index (χ2n) is 7.25. The van der Waals surface area contributed by atoms with Crippen LogP contribution in [-0.2, 0) is 0 Å². The number of carbonyl (C=O) groups excluding carboxylic acids is 1. The topological polar surface area (TPSA) is 45.7 Å². The third kappa shape index (κ3) is 5.28. The van der Waals surface area contributed by atoms with Gasteiger partial charge in [-0.1, -0.05) is 29.0 Å². The second kappa shape index (κ2) is 8.61. The van der Waals surface area contributed by atoms with Gasteiger partial charge in [-0.25, -0.2) is 4.98 Å². The molecule has 30 heavy (non-hydrogen) atoms. The van der Waals surface area contributed by atoms with Gasteiger partial charge in [0.1, 0.15) is 5.75 Å². The lowest BCUT2D eigenvalue weighted by Gasteiger charge is -2.23. The molecular weight excluding hydrogens is 415 g/mol. The zero-order valence-corrected chi connectivity index (χ0v) is 17.9. The van der Waals surface area contributed by atoms with Crippen molar-refractivity contribution < 1.29 is 22.7 Å². The number of anilines is 1. The van der Waals surface area contributed by atoms with Crippen LogP contribution in [-0.4, -0.2) is 49.3 Å². The van der Waals surface area contributed by atoms with E-state index < -0.39 is 6.36 Å². The third-order valence-corrected chi connectivity index (χ3v) is 5.49. The molecule has 0 aliphatic heterocycles. The molecule has 1 aromatic heterocycles. The summed E-state index contributed by atoms with van der Waals surface area (Å²) in [4.78, 5) is 21.4. The number of thiazole rings is 1.